The van der Waals surface area contributed by atoms with Gasteiger partial charge in [0.2, 0.25) is 0 Å². The molecule has 14 heavy (non-hydrogen) atoms. The molecule has 0 amide bonds. The van der Waals surface area contributed by atoms with Gasteiger partial charge >= 0.3 is 0 Å². The fourth-order valence-corrected chi connectivity index (χ4v) is 4.50. The monoisotopic (exact) mass is 380 g/mol. The van der Waals surface area contributed by atoms with Gasteiger partial charge in [-0.2, -0.15) is 0 Å². The zero-order chi connectivity index (χ0) is 10.1. The molecule has 1 heterocycles. The molecule has 1 aromatic heterocycles. The summed E-state index contributed by atoms with van der Waals surface area (Å²) in [5, 5.41) is 4.52. The first-order valence-corrected chi connectivity index (χ1v) is 7.59. The maximum atomic E-state index is 3.59. The van der Waals surface area contributed by atoms with Crippen molar-refractivity contribution in [1.29, 1.82) is 0 Å². The van der Waals surface area contributed by atoms with Crippen molar-refractivity contribution in [3.8, 4) is 0 Å². The Balaban J connectivity index is 2.82. The SMILES string of the molecule is CCc1c(I)cc2ccsc2c1CBr. The van der Waals surface area contributed by atoms with Gasteiger partial charge in [-0.05, 0) is 63.0 Å². The zero-order valence-electron chi connectivity index (χ0n) is 7.81. The number of thiophene rings is 1. The van der Waals surface area contributed by atoms with Crippen LogP contribution < -0.4 is 0 Å². The smallest absolute Gasteiger partial charge is 0.0386 e. The minimum Gasteiger partial charge on any atom is -0.143 e. The maximum Gasteiger partial charge on any atom is 0.0386 e. The molecule has 3 heteroatoms. The lowest BCUT2D eigenvalue weighted by Gasteiger charge is -2.09. The molecule has 0 spiro atoms. The van der Waals surface area contributed by atoms with Gasteiger partial charge in [0.1, 0.15) is 0 Å². The largest absolute Gasteiger partial charge is 0.143 e. The third-order valence-electron chi connectivity index (χ3n) is 2.39. The Bertz CT molecular complexity index is 462. The highest BCUT2D eigenvalue weighted by Crippen LogP contribution is 2.32. The first kappa shape index (κ1) is 10.9. The first-order valence-electron chi connectivity index (χ1n) is 4.51. The highest BCUT2D eigenvalue weighted by Gasteiger charge is 2.10. The van der Waals surface area contributed by atoms with E-state index in [1.807, 2.05) is 11.3 Å². The van der Waals surface area contributed by atoms with Crippen LogP contribution in [0.5, 0.6) is 0 Å². The summed E-state index contributed by atoms with van der Waals surface area (Å²) in [7, 11) is 0. The van der Waals surface area contributed by atoms with E-state index < -0.39 is 0 Å². The summed E-state index contributed by atoms with van der Waals surface area (Å²) in [6.45, 7) is 2.23. The highest BCUT2D eigenvalue weighted by molar-refractivity contribution is 14.1. The van der Waals surface area contributed by atoms with Crippen molar-refractivity contribution < 1.29 is 0 Å². The molecule has 0 aliphatic heterocycles. The molecular weight excluding hydrogens is 371 g/mol. The molecule has 0 atom stereocenters. The fraction of sp³-hybridized carbons (Fsp3) is 0.273. The van der Waals surface area contributed by atoms with Gasteiger partial charge in [0.25, 0.3) is 0 Å². The second kappa shape index (κ2) is 4.49. The van der Waals surface area contributed by atoms with Crippen molar-refractivity contribution in [3.05, 3.63) is 32.2 Å². The number of hydrogen-bond donors (Lipinski definition) is 0. The van der Waals surface area contributed by atoms with E-state index in [4.69, 9.17) is 0 Å². The molecule has 0 radical (unpaired) electrons. The molecule has 1 aromatic carbocycles. The summed E-state index contributed by atoms with van der Waals surface area (Å²) in [5.74, 6) is 0. The van der Waals surface area contributed by atoms with Crippen LogP contribution in [0.4, 0.5) is 0 Å². The van der Waals surface area contributed by atoms with Crippen LogP contribution in [0.1, 0.15) is 18.1 Å². The van der Waals surface area contributed by atoms with Crippen molar-refractivity contribution >= 4 is 59.9 Å². The lowest BCUT2D eigenvalue weighted by Crippen LogP contribution is -1.93. The van der Waals surface area contributed by atoms with Crippen LogP contribution >= 0.6 is 49.9 Å². The van der Waals surface area contributed by atoms with Crippen molar-refractivity contribution in [3.63, 3.8) is 0 Å². The van der Waals surface area contributed by atoms with E-state index >= 15 is 0 Å². The number of rotatable bonds is 2. The fourth-order valence-electron chi connectivity index (χ4n) is 1.71. The molecule has 0 N–H and O–H groups in total. The second-order valence-electron chi connectivity index (χ2n) is 3.14. The molecule has 0 saturated heterocycles. The van der Waals surface area contributed by atoms with Gasteiger partial charge < -0.3 is 0 Å². The van der Waals surface area contributed by atoms with E-state index in [9.17, 15) is 0 Å². The van der Waals surface area contributed by atoms with E-state index in [-0.39, 0.29) is 0 Å². The summed E-state index contributed by atoms with van der Waals surface area (Å²) < 4.78 is 2.84. The van der Waals surface area contributed by atoms with E-state index in [1.165, 1.54) is 24.8 Å². The second-order valence-corrected chi connectivity index (χ2v) is 5.78. The normalized spacial score (nSPS) is 11.1. The van der Waals surface area contributed by atoms with Gasteiger partial charge in [-0.3, -0.25) is 0 Å². The number of halogens is 2. The molecule has 74 valence electrons. The van der Waals surface area contributed by atoms with Crippen LogP contribution in [-0.4, -0.2) is 0 Å². The molecular formula is C11H10BrIS. The van der Waals surface area contributed by atoms with Gasteiger partial charge in [0.15, 0.2) is 0 Å². The van der Waals surface area contributed by atoms with Crippen molar-refractivity contribution in [2.45, 2.75) is 18.7 Å². The van der Waals surface area contributed by atoms with Gasteiger partial charge in [-0.1, -0.05) is 22.9 Å². The number of hydrogen-bond acceptors (Lipinski definition) is 1. The third kappa shape index (κ3) is 1.74. The predicted octanol–water partition coefficient (Wildman–Crippen LogP) is 4.96. The minimum atomic E-state index is 0.962. The molecule has 0 bridgehead atoms. The van der Waals surface area contributed by atoms with E-state index in [0.29, 0.717) is 0 Å². The van der Waals surface area contributed by atoms with Gasteiger partial charge in [0.05, 0.1) is 0 Å². The molecule has 0 aliphatic rings. The summed E-state index contributed by atoms with van der Waals surface area (Å²) in [6.07, 6.45) is 1.12. The third-order valence-corrected chi connectivity index (χ3v) is 4.90. The maximum absolute atomic E-state index is 3.59. The summed E-state index contributed by atoms with van der Waals surface area (Å²) in [5.41, 5.74) is 2.97. The minimum absolute atomic E-state index is 0.962. The molecule has 0 saturated carbocycles. The van der Waals surface area contributed by atoms with Crippen molar-refractivity contribution in [1.82, 2.24) is 0 Å². The summed E-state index contributed by atoms with van der Waals surface area (Å²) >= 11 is 7.87. The Hall–Kier alpha value is 0.390. The van der Waals surface area contributed by atoms with E-state index in [0.717, 1.165) is 11.8 Å². The highest BCUT2D eigenvalue weighted by atomic mass is 127. The Morgan fingerprint density at radius 2 is 2.21 bits per heavy atom. The average Bonchev–Trinajstić information content (AvgIpc) is 2.62. The van der Waals surface area contributed by atoms with E-state index in [2.05, 4.69) is 63.0 Å². The van der Waals surface area contributed by atoms with Crippen LogP contribution in [-0.2, 0) is 11.8 Å². The van der Waals surface area contributed by atoms with Crippen LogP contribution in [0.25, 0.3) is 10.1 Å². The van der Waals surface area contributed by atoms with Crippen LogP contribution in [0, 0.1) is 3.57 Å². The van der Waals surface area contributed by atoms with Gasteiger partial charge in [0, 0.05) is 13.6 Å². The van der Waals surface area contributed by atoms with Crippen LogP contribution in [0.3, 0.4) is 0 Å². The Labute approximate surface area is 110 Å². The average molecular weight is 381 g/mol. The quantitative estimate of drug-likeness (QED) is 0.510. The number of alkyl halides is 1. The van der Waals surface area contributed by atoms with Gasteiger partial charge in [-0.15, -0.1) is 11.3 Å². The first-order chi connectivity index (χ1) is 6.77. The predicted molar refractivity (Wildman–Crippen MR) is 76.6 cm³/mol. The Kier molecular flexibility index (Phi) is 3.50. The number of fused-ring (bicyclic) bond motifs is 1. The van der Waals surface area contributed by atoms with E-state index in [1.54, 1.807) is 0 Å². The van der Waals surface area contributed by atoms with Crippen LogP contribution in [0.2, 0.25) is 0 Å². The molecule has 0 aliphatic carbocycles. The Morgan fingerprint density at radius 1 is 1.43 bits per heavy atom. The Morgan fingerprint density at radius 3 is 2.86 bits per heavy atom. The lowest BCUT2D eigenvalue weighted by molar-refractivity contribution is 1.10. The van der Waals surface area contributed by atoms with Gasteiger partial charge in [-0.25, -0.2) is 0 Å². The molecule has 0 nitrogen and oxygen atoms in total. The zero-order valence-corrected chi connectivity index (χ0v) is 12.4. The molecule has 2 rings (SSSR count). The molecule has 2 aromatic rings. The van der Waals surface area contributed by atoms with Crippen molar-refractivity contribution in [2.75, 3.05) is 0 Å². The number of benzene rings is 1. The summed E-state index contributed by atoms with van der Waals surface area (Å²) in [4.78, 5) is 0. The molecule has 0 unspecified atom stereocenters. The van der Waals surface area contributed by atoms with Crippen LogP contribution in [0.15, 0.2) is 17.5 Å². The van der Waals surface area contributed by atoms with Crippen molar-refractivity contribution in [2.24, 2.45) is 0 Å². The molecule has 0 fully saturated rings. The standard InChI is InChI=1S/C11H10BrIS/c1-2-8-9(6-12)11-7(3-4-14-11)5-10(8)13/h3-5H,2,6H2,1H3. The summed E-state index contributed by atoms with van der Waals surface area (Å²) in [6, 6.07) is 4.49. The lowest BCUT2D eigenvalue weighted by atomic mass is 10.0. The topological polar surface area (TPSA) is 0 Å².